The molecule has 0 aliphatic rings. The van der Waals surface area contributed by atoms with Crippen LogP contribution in [0.4, 0.5) is 0 Å². The minimum Gasteiger partial charge on any atom is -0.494 e. The first-order chi connectivity index (χ1) is 12.6. The van der Waals surface area contributed by atoms with Gasteiger partial charge in [-0.3, -0.25) is 9.59 Å². The lowest BCUT2D eigenvalue weighted by Crippen LogP contribution is -2.32. The highest BCUT2D eigenvalue weighted by Crippen LogP contribution is 2.18. The van der Waals surface area contributed by atoms with E-state index in [9.17, 15) is 9.59 Å². The highest BCUT2D eigenvalue weighted by Gasteiger charge is 2.10. The number of benzene rings is 2. The van der Waals surface area contributed by atoms with Crippen LogP contribution in [0.5, 0.6) is 17.2 Å². The van der Waals surface area contributed by atoms with Gasteiger partial charge >= 0.3 is 0 Å². The smallest absolute Gasteiger partial charge is 0.258 e. The Bertz CT molecular complexity index is 731. The predicted octanol–water partition coefficient (Wildman–Crippen LogP) is 1.76. The van der Waals surface area contributed by atoms with Gasteiger partial charge in [0.1, 0.15) is 23.9 Å². The van der Waals surface area contributed by atoms with Gasteiger partial charge in [0.05, 0.1) is 18.7 Å². The monoisotopic (exact) mass is 358 g/mol. The highest BCUT2D eigenvalue weighted by atomic mass is 16.5. The van der Waals surface area contributed by atoms with Gasteiger partial charge in [0.15, 0.2) is 6.61 Å². The minimum atomic E-state index is -0.607. The number of para-hydroxylation sites is 1. The molecule has 0 aliphatic carbocycles. The molecule has 0 spiro atoms. The topological polar surface area (TPSA) is 99.9 Å². The van der Waals surface area contributed by atoms with Gasteiger partial charge in [0, 0.05) is 0 Å². The Labute approximate surface area is 152 Å². The average molecular weight is 358 g/mol. The Morgan fingerprint density at radius 2 is 1.62 bits per heavy atom. The Balaban J connectivity index is 1.68. The number of ether oxygens (including phenoxy) is 3. The summed E-state index contributed by atoms with van der Waals surface area (Å²) in [5, 5.41) is 2.67. The van der Waals surface area contributed by atoms with E-state index in [1.165, 1.54) is 0 Å². The molecule has 0 saturated heterocycles. The average Bonchev–Trinajstić information content (AvgIpc) is 2.65. The fourth-order valence-corrected chi connectivity index (χ4v) is 2.15. The molecule has 7 nitrogen and oxygen atoms in total. The van der Waals surface area contributed by atoms with Crippen LogP contribution in [-0.2, 0) is 4.79 Å². The molecule has 0 saturated carbocycles. The van der Waals surface area contributed by atoms with Crippen molar-refractivity contribution < 1.29 is 23.8 Å². The molecule has 2 amide bonds. The summed E-state index contributed by atoms with van der Waals surface area (Å²) in [6.07, 6.45) is 0. The number of primary amides is 1. The molecule has 26 heavy (non-hydrogen) atoms. The van der Waals surface area contributed by atoms with Crippen LogP contribution in [0.3, 0.4) is 0 Å². The Kier molecular flexibility index (Phi) is 7.30. The molecule has 0 radical (unpaired) electrons. The summed E-state index contributed by atoms with van der Waals surface area (Å²) < 4.78 is 16.2. The summed E-state index contributed by atoms with van der Waals surface area (Å²) in [5.74, 6) is 0.820. The lowest BCUT2D eigenvalue weighted by atomic mass is 10.2. The predicted molar refractivity (Wildman–Crippen MR) is 96.6 cm³/mol. The normalized spacial score (nSPS) is 10.0. The number of nitrogens with two attached hydrogens (primary N) is 1. The molecule has 138 valence electrons. The fraction of sp³-hybridized carbons (Fsp3) is 0.263. The minimum absolute atomic E-state index is 0.215. The summed E-state index contributed by atoms with van der Waals surface area (Å²) in [4.78, 5) is 23.1. The third-order valence-corrected chi connectivity index (χ3v) is 3.34. The molecule has 2 rings (SSSR count). The first kappa shape index (κ1) is 19.1. The Morgan fingerprint density at radius 3 is 2.27 bits per heavy atom. The molecule has 7 heteroatoms. The summed E-state index contributed by atoms with van der Waals surface area (Å²) in [7, 11) is 0. The van der Waals surface area contributed by atoms with Gasteiger partial charge in [-0.25, -0.2) is 0 Å². The molecule has 0 aliphatic heterocycles. The second-order valence-corrected chi connectivity index (χ2v) is 5.25. The fourth-order valence-electron chi connectivity index (χ4n) is 2.15. The van der Waals surface area contributed by atoms with Gasteiger partial charge in [0.25, 0.3) is 11.8 Å². The zero-order valence-corrected chi connectivity index (χ0v) is 14.6. The van der Waals surface area contributed by atoms with Crippen LogP contribution >= 0.6 is 0 Å². The highest BCUT2D eigenvalue weighted by molar-refractivity contribution is 5.95. The maximum absolute atomic E-state index is 11.8. The van der Waals surface area contributed by atoms with Gasteiger partial charge in [-0.2, -0.15) is 0 Å². The van der Waals surface area contributed by atoms with Crippen molar-refractivity contribution in [3.63, 3.8) is 0 Å². The van der Waals surface area contributed by atoms with Crippen molar-refractivity contribution in [2.45, 2.75) is 6.92 Å². The third kappa shape index (κ3) is 6.01. The van der Waals surface area contributed by atoms with Crippen LogP contribution in [0, 0.1) is 0 Å². The maximum atomic E-state index is 11.8. The summed E-state index contributed by atoms with van der Waals surface area (Å²) in [6, 6.07) is 13.7. The molecule has 2 aromatic rings. The standard InChI is InChI=1S/C19H22N2O5/c1-2-24-14-7-9-15(10-8-14)25-12-11-21-18(22)13-26-17-6-4-3-5-16(17)19(20)23/h3-10H,2,11-13H2,1H3,(H2,20,23)(H,21,22). The van der Waals surface area contributed by atoms with Crippen molar-refractivity contribution in [3.05, 3.63) is 54.1 Å². The number of rotatable bonds is 10. The van der Waals surface area contributed by atoms with E-state index >= 15 is 0 Å². The lowest BCUT2D eigenvalue weighted by molar-refractivity contribution is -0.123. The summed E-state index contributed by atoms with van der Waals surface area (Å²) in [5.41, 5.74) is 5.49. The molecule has 2 aromatic carbocycles. The van der Waals surface area contributed by atoms with Crippen LogP contribution in [-0.4, -0.2) is 38.2 Å². The van der Waals surface area contributed by atoms with Crippen LogP contribution in [0.1, 0.15) is 17.3 Å². The van der Waals surface area contributed by atoms with Crippen molar-refractivity contribution in [1.82, 2.24) is 5.32 Å². The molecule has 0 heterocycles. The maximum Gasteiger partial charge on any atom is 0.258 e. The molecule has 0 bridgehead atoms. The molecular weight excluding hydrogens is 336 g/mol. The summed E-state index contributed by atoms with van der Waals surface area (Å²) >= 11 is 0. The lowest BCUT2D eigenvalue weighted by Gasteiger charge is -2.11. The molecule has 0 fully saturated rings. The van der Waals surface area contributed by atoms with E-state index in [0.717, 1.165) is 5.75 Å². The van der Waals surface area contributed by atoms with E-state index in [2.05, 4.69) is 5.32 Å². The molecule has 0 aromatic heterocycles. The second kappa shape index (κ2) is 9.93. The number of carbonyl (C=O) groups excluding carboxylic acids is 2. The first-order valence-electron chi connectivity index (χ1n) is 8.24. The molecular formula is C19H22N2O5. The van der Waals surface area contributed by atoms with E-state index < -0.39 is 5.91 Å². The van der Waals surface area contributed by atoms with Crippen molar-refractivity contribution in [2.24, 2.45) is 5.73 Å². The number of hydrogen-bond acceptors (Lipinski definition) is 5. The van der Waals surface area contributed by atoms with Crippen molar-refractivity contribution >= 4 is 11.8 Å². The van der Waals surface area contributed by atoms with Gasteiger partial charge in [-0.1, -0.05) is 12.1 Å². The molecule has 0 atom stereocenters. The second-order valence-electron chi connectivity index (χ2n) is 5.25. The zero-order valence-electron chi connectivity index (χ0n) is 14.6. The number of carbonyl (C=O) groups is 2. The summed E-state index contributed by atoms with van der Waals surface area (Å²) in [6.45, 7) is 2.96. The van der Waals surface area contributed by atoms with Crippen molar-refractivity contribution in [2.75, 3.05) is 26.4 Å². The Morgan fingerprint density at radius 1 is 0.962 bits per heavy atom. The largest absolute Gasteiger partial charge is 0.494 e. The van der Waals surface area contributed by atoms with Crippen LogP contribution < -0.4 is 25.3 Å². The molecule has 3 N–H and O–H groups in total. The van der Waals surface area contributed by atoms with Gasteiger partial charge < -0.3 is 25.3 Å². The van der Waals surface area contributed by atoms with Crippen LogP contribution in [0.15, 0.2) is 48.5 Å². The van der Waals surface area contributed by atoms with Crippen LogP contribution in [0.2, 0.25) is 0 Å². The first-order valence-corrected chi connectivity index (χ1v) is 8.24. The number of hydrogen-bond donors (Lipinski definition) is 2. The van der Waals surface area contributed by atoms with E-state index in [1.807, 2.05) is 19.1 Å². The van der Waals surface area contributed by atoms with E-state index in [1.54, 1.807) is 36.4 Å². The third-order valence-electron chi connectivity index (χ3n) is 3.34. The van der Waals surface area contributed by atoms with Gasteiger partial charge in [0.2, 0.25) is 0 Å². The Hall–Kier alpha value is -3.22. The van der Waals surface area contributed by atoms with Crippen molar-refractivity contribution in [3.8, 4) is 17.2 Å². The van der Waals surface area contributed by atoms with Crippen LogP contribution in [0.25, 0.3) is 0 Å². The quantitative estimate of drug-likeness (QED) is 0.631. The zero-order chi connectivity index (χ0) is 18.8. The van der Waals surface area contributed by atoms with E-state index in [-0.39, 0.29) is 23.8 Å². The number of nitrogens with one attached hydrogen (secondary N) is 1. The van der Waals surface area contributed by atoms with Crippen molar-refractivity contribution in [1.29, 1.82) is 0 Å². The number of amides is 2. The van der Waals surface area contributed by atoms with E-state index in [0.29, 0.717) is 25.5 Å². The van der Waals surface area contributed by atoms with Gasteiger partial charge in [-0.05, 0) is 43.3 Å². The van der Waals surface area contributed by atoms with E-state index in [4.69, 9.17) is 19.9 Å². The molecule has 0 unspecified atom stereocenters. The van der Waals surface area contributed by atoms with Gasteiger partial charge in [-0.15, -0.1) is 0 Å². The SMILES string of the molecule is CCOc1ccc(OCCNC(=O)COc2ccccc2C(N)=O)cc1.